The van der Waals surface area contributed by atoms with Gasteiger partial charge in [0, 0.05) is 11.3 Å². The quantitative estimate of drug-likeness (QED) is 0.762. The van der Waals surface area contributed by atoms with Crippen LogP contribution < -0.4 is 5.73 Å². The van der Waals surface area contributed by atoms with Gasteiger partial charge in [0.1, 0.15) is 5.82 Å². The highest BCUT2D eigenvalue weighted by atomic mass is 19.1. The molecule has 0 unspecified atom stereocenters. The summed E-state index contributed by atoms with van der Waals surface area (Å²) in [6, 6.07) is 7.01. The molecule has 0 bridgehead atoms. The van der Waals surface area contributed by atoms with Crippen LogP contribution in [-0.4, -0.2) is 0 Å². The molecule has 0 aliphatic rings. The van der Waals surface area contributed by atoms with E-state index in [1.165, 1.54) is 6.07 Å². The highest BCUT2D eigenvalue weighted by Crippen LogP contribution is 2.32. The summed E-state index contributed by atoms with van der Waals surface area (Å²) < 4.78 is 13.8. The SMILES string of the molecule is C=Cc1c(F)ccc2cc(N)cc(C(C)C)c12. The van der Waals surface area contributed by atoms with Crippen molar-refractivity contribution in [3.63, 3.8) is 0 Å². The van der Waals surface area contributed by atoms with Crippen LogP contribution in [-0.2, 0) is 0 Å². The molecule has 2 N–H and O–H groups in total. The van der Waals surface area contributed by atoms with Crippen LogP contribution in [0.3, 0.4) is 0 Å². The van der Waals surface area contributed by atoms with Gasteiger partial charge in [-0.15, -0.1) is 0 Å². The fraction of sp³-hybridized carbons (Fsp3) is 0.200. The Morgan fingerprint density at radius 2 is 2.00 bits per heavy atom. The standard InChI is InChI=1S/C15H16FN/c1-4-12-14(16)6-5-10-7-11(17)8-13(9(2)3)15(10)12/h4-9H,1,17H2,2-3H3. The number of fused-ring (bicyclic) bond motifs is 1. The Labute approximate surface area is 101 Å². The summed E-state index contributed by atoms with van der Waals surface area (Å²) in [5.74, 6) is 0.0562. The van der Waals surface area contributed by atoms with Gasteiger partial charge in [-0.25, -0.2) is 4.39 Å². The third-order valence-corrected chi connectivity index (χ3v) is 2.98. The molecule has 0 saturated carbocycles. The number of hydrogen-bond acceptors (Lipinski definition) is 1. The van der Waals surface area contributed by atoms with E-state index in [9.17, 15) is 4.39 Å². The number of nitrogens with two attached hydrogens (primary N) is 1. The van der Waals surface area contributed by atoms with E-state index in [0.29, 0.717) is 17.2 Å². The van der Waals surface area contributed by atoms with E-state index >= 15 is 0 Å². The predicted octanol–water partition coefficient (Wildman–Crippen LogP) is 4.33. The second-order valence-corrected chi connectivity index (χ2v) is 4.53. The molecule has 0 aliphatic carbocycles. The van der Waals surface area contributed by atoms with Crippen LogP contribution in [0.5, 0.6) is 0 Å². The lowest BCUT2D eigenvalue weighted by Gasteiger charge is -2.14. The smallest absolute Gasteiger partial charge is 0.131 e. The lowest BCUT2D eigenvalue weighted by atomic mass is 9.92. The van der Waals surface area contributed by atoms with E-state index in [1.807, 2.05) is 12.1 Å². The van der Waals surface area contributed by atoms with E-state index < -0.39 is 0 Å². The molecule has 0 aliphatic heterocycles. The highest BCUT2D eigenvalue weighted by Gasteiger charge is 2.12. The molecule has 2 aromatic carbocycles. The van der Waals surface area contributed by atoms with Gasteiger partial charge in [-0.2, -0.15) is 0 Å². The van der Waals surface area contributed by atoms with Gasteiger partial charge in [0.05, 0.1) is 0 Å². The van der Waals surface area contributed by atoms with Crippen molar-refractivity contribution < 1.29 is 4.39 Å². The Bertz CT molecular complexity index is 585. The number of nitrogen functional groups attached to an aromatic ring is 1. The molecule has 0 heterocycles. The van der Waals surface area contributed by atoms with Crippen molar-refractivity contribution in [3.8, 4) is 0 Å². The highest BCUT2D eigenvalue weighted by molar-refractivity contribution is 5.95. The van der Waals surface area contributed by atoms with Crippen molar-refractivity contribution >= 4 is 22.5 Å². The van der Waals surface area contributed by atoms with Crippen LogP contribution in [0.15, 0.2) is 30.8 Å². The minimum absolute atomic E-state index is 0.237. The summed E-state index contributed by atoms with van der Waals surface area (Å²) in [6.07, 6.45) is 1.57. The van der Waals surface area contributed by atoms with Crippen molar-refractivity contribution in [2.45, 2.75) is 19.8 Å². The maximum atomic E-state index is 13.8. The maximum absolute atomic E-state index is 13.8. The van der Waals surface area contributed by atoms with Crippen LogP contribution in [0.4, 0.5) is 10.1 Å². The van der Waals surface area contributed by atoms with Crippen molar-refractivity contribution in [1.29, 1.82) is 0 Å². The Hall–Kier alpha value is -1.83. The lowest BCUT2D eigenvalue weighted by molar-refractivity contribution is 0.627. The fourth-order valence-electron chi connectivity index (χ4n) is 2.18. The van der Waals surface area contributed by atoms with Crippen molar-refractivity contribution in [2.75, 3.05) is 5.73 Å². The largest absolute Gasteiger partial charge is 0.399 e. The summed E-state index contributed by atoms with van der Waals surface area (Å²) in [5.41, 5.74) is 8.21. The summed E-state index contributed by atoms with van der Waals surface area (Å²) in [6.45, 7) is 7.84. The molecule has 0 fully saturated rings. The van der Waals surface area contributed by atoms with Crippen LogP contribution in [0, 0.1) is 5.82 Å². The van der Waals surface area contributed by atoms with E-state index in [1.54, 1.807) is 12.1 Å². The van der Waals surface area contributed by atoms with Gasteiger partial charge in [-0.05, 0) is 40.5 Å². The Kier molecular flexibility index (Phi) is 2.88. The van der Waals surface area contributed by atoms with Crippen LogP contribution in [0.25, 0.3) is 16.8 Å². The molecule has 1 nitrogen and oxygen atoms in total. The molecule has 0 saturated heterocycles. The van der Waals surface area contributed by atoms with Gasteiger partial charge in [0.25, 0.3) is 0 Å². The Balaban J connectivity index is 2.96. The molecular formula is C15H16FN. The monoisotopic (exact) mass is 229 g/mol. The van der Waals surface area contributed by atoms with Crippen LogP contribution in [0.1, 0.15) is 30.9 Å². The first-order valence-corrected chi connectivity index (χ1v) is 5.68. The number of hydrogen-bond donors (Lipinski definition) is 1. The van der Waals surface area contributed by atoms with Gasteiger partial charge in [0.2, 0.25) is 0 Å². The van der Waals surface area contributed by atoms with Crippen LogP contribution >= 0.6 is 0 Å². The van der Waals surface area contributed by atoms with Gasteiger partial charge in [-0.1, -0.05) is 32.6 Å². The molecule has 2 heteroatoms. The maximum Gasteiger partial charge on any atom is 0.131 e. The molecule has 0 atom stereocenters. The third-order valence-electron chi connectivity index (χ3n) is 2.98. The normalized spacial score (nSPS) is 11.1. The summed E-state index contributed by atoms with van der Waals surface area (Å²) in [5, 5.41) is 1.88. The molecule has 0 aromatic heterocycles. The molecule has 17 heavy (non-hydrogen) atoms. The topological polar surface area (TPSA) is 26.0 Å². The first-order valence-electron chi connectivity index (χ1n) is 5.68. The van der Waals surface area contributed by atoms with E-state index in [-0.39, 0.29) is 5.82 Å². The zero-order chi connectivity index (χ0) is 12.6. The van der Waals surface area contributed by atoms with Crippen LogP contribution in [0.2, 0.25) is 0 Å². The zero-order valence-corrected chi connectivity index (χ0v) is 10.1. The number of benzene rings is 2. The third kappa shape index (κ3) is 1.91. The molecule has 2 rings (SSSR count). The summed E-state index contributed by atoms with van der Waals surface area (Å²) >= 11 is 0. The van der Waals surface area contributed by atoms with E-state index in [0.717, 1.165) is 16.3 Å². The van der Waals surface area contributed by atoms with Crippen molar-refractivity contribution in [2.24, 2.45) is 0 Å². The molecule has 2 aromatic rings. The number of anilines is 1. The minimum atomic E-state index is -0.237. The summed E-state index contributed by atoms with van der Waals surface area (Å²) in [7, 11) is 0. The Morgan fingerprint density at radius 3 is 2.59 bits per heavy atom. The molecule has 88 valence electrons. The van der Waals surface area contributed by atoms with Crippen molar-refractivity contribution in [3.05, 3.63) is 47.8 Å². The lowest BCUT2D eigenvalue weighted by Crippen LogP contribution is -1.97. The Morgan fingerprint density at radius 1 is 1.29 bits per heavy atom. The zero-order valence-electron chi connectivity index (χ0n) is 10.1. The average Bonchev–Trinajstić information content (AvgIpc) is 2.28. The van der Waals surface area contributed by atoms with E-state index in [2.05, 4.69) is 20.4 Å². The van der Waals surface area contributed by atoms with Gasteiger partial charge >= 0.3 is 0 Å². The predicted molar refractivity (Wildman–Crippen MR) is 72.5 cm³/mol. The summed E-state index contributed by atoms with van der Waals surface area (Å²) in [4.78, 5) is 0. The fourth-order valence-corrected chi connectivity index (χ4v) is 2.18. The molecule has 0 radical (unpaired) electrons. The first-order chi connectivity index (χ1) is 8.04. The van der Waals surface area contributed by atoms with Crippen molar-refractivity contribution in [1.82, 2.24) is 0 Å². The average molecular weight is 229 g/mol. The van der Waals surface area contributed by atoms with E-state index in [4.69, 9.17) is 5.73 Å². The van der Waals surface area contributed by atoms with Gasteiger partial charge in [-0.3, -0.25) is 0 Å². The minimum Gasteiger partial charge on any atom is -0.399 e. The second-order valence-electron chi connectivity index (χ2n) is 4.53. The molecule has 0 amide bonds. The molecule has 0 spiro atoms. The number of halogens is 1. The van der Waals surface area contributed by atoms with Gasteiger partial charge in [0.15, 0.2) is 0 Å². The molecular weight excluding hydrogens is 213 g/mol. The second kappa shape index (κ2) is 4.21. The number of rotatable bonds is 2. The first kappa shape index (κ1) is 11.6. The van der Waals surface area contributed by atoms with Gasteiger partial charge < -0.3 is 5.73 Å².